The van der Waals surface area contributed by atoms with Crippen molar-refractivity contribution in [3.05, 3.63) is 0 Å². The standard InChI is InChI=1S/C37H70NO4/c1-5-7-9-11-13-15-17-19-21-23-25-27-31-41-36-37(35-38(3,4)29-33-40-34-30-39)42-32-28-26-24-22-20-18-16-14-12-10-8-6-2/h37,39H,5-10,15-36H2,1-4H3/q+1. The third-order valence-corrected chi connectivity index (χ3v) is 7.53. The number of aliphatic hydroxyl groups excluding tert-OH is 1. The molecule has 0 spiro atoms. The predicted molar refractivity (Wildman–Crippen MR) is 180 cm³/mol. The van der Waals surface area contributed by atoms with Crippen LogP contribution in [0.1, 0.15) is 142 Å². The normalized spacial score (nSPS) is 12.0. The van der Waals surface area contributed by atoms with Crippen LogP contribution in [-0.4, -0.2) is 82.5 Å². The molecule has 0 fully saturated rings. The Hall–Kier alpha value is -1.08. The molecule has 0 saturated heterocycles. The van der Waals surface area contributed by atoms with Gasteiger partial charge < -0.3 is 23.8 Å². The molecule has 0 aromatic carbocycles. The summed E-state index contributed by atoms with van der Waals surface area (Å²) in [5.74, 6) is 13.2. The number of hydrogen-bond acceptors (Lipinski definition) is 4. The quantitative estimate of drug-likeness (QED) is 0.0518. The van der Waals surface area contributed by atoms with Gasteiger partial charge in [0.15, 0.2) is 0 Å². The molecular formula is C37H70NO4+. The Labute approximate surface area is 262 Å². The lowest BCUT2D eigenvalue weighted by Gasteiger charge is -2.33. The van der Waals surface area contributed by atoms with Crippen LogP contribution in [-0.2, 0) is 14.2 Å². The average Bonchev–Trinajstić information content (AvgIpc) is 2.97. The maximum Gasteiger partial charge on any atom is 0.130 e. The first-order valence-corrected chi connectivity index (χ1v) is 17.7. The van der Waals surface area contributed by atoms with Gasteiger partial charge in [-0.05, 0) is 38.5 Å². The molecular weight excluding hydrogens is 522 g/mol. The first-order chi connectivity index (χ1) is 20.6. The van der Waals surface area contributed by atoms with Crippen LogP contribution in [0, 0.1) is 23.7 Å². The molecule has 0 radical (unpaired) electrons. The van der Waals surface area contributed by atoms with E-state index < -0.39 is 0 Å². The summed E-state index contributed by atoms with van der Waals surface area (Å²) in [5, 5.41) is 8.97. The lowest BCUT2D eigenvalue weighted by molar-refractivity contribution is -0.894. The predicted octanol–water partition coefficient (Wildman–Crippen LogP) is 8.32. The van der Waals surface area contributed by atoms with Gasteiger partial charge in [0.1, 0.15) is 19.2 Å². The summed E-state index contributed by atoms with van der Waals surface area (Å²) in [5.41, 5.74) is 0. The SMILES string of the molecule is CCCCC#CCCCCCCCCOCC(C[N+](C)(C)CCOCCO)OCCCCCCCCC#CCCCC. The maximum absolute atomic E-state index is 8.97. The summed E-state index contributed by atoms with van der Waals surface area (Å²) in [6.07, 6.45) is 24.2. The average molecular weight is 593 g/mol. The van der Waals surface area contributed by atoms with Crippen LogP contribution in [0.15, 0.2) is 0 Å². The van der Waals surface area contributed by atoms with Gasteiger partial charge in [-0.2, -0.15) is 0 Å². The Bertz CT molecular complexity index is 673. The molecule has 42 heavy (non-hydrogen) atoms. The van der Waals surface area contributed by atoms with E-state index in [1.807, 2.05) is 0 Å². The minimum atomic E-state index is 0.0773. The zero-order valence-electron chi connectivity index (χ0n) is 28.5. The highest BCUT2D eigenvalue weighted by molar-refractivity contribution is 4.98. The number of hydrogen-bond donors (Lipinski definition) is 1. The van der Waals surface area contributed by atoms with Crippen LogP contribution in [0.4, 0.5) is 0 Å². The molecule has 246 valence electrons. The monoisotopic (exact) mass is 593 g/mol. The fourth-order valence-electron chi connectivity index (χ4n) is 4.77. The Morgan fingerprint density at radius 1 is 0.548 bits per heavy atom. The van der Waals surface area contributed by atoms with Gasteiger partial charge in [0.05, 0.1) is 40.5 Å². The Kier molecular flexibility index (Phi) is 32.0. The van der Waals surface area contributed by atoms with Crippen LogP contribution in [0.5, 0.6) is 0 Å². The van der Waals surface area contributed by atoms with Gasteiger partial charge in [-0.1, -0.05) is 78.1 Å². The number of unbranched alkanes of at least 4 members (excludes halogenated alkanes) is 16. The first-order valence-electron chi connectivity index (χ1n) is 17.7. The van der Waals surface area contributed by atoms with Crippen molar-refractivity contribution < 1.29 is 23.8 Å². The minimum absolute atomic E-state index is 0.0773. The third kappa shape index (κ3) is 31.8. The summed E-state index contributed by atoms with van der Waals surface area (Å²) in [6.45, 7) is 9.66. The zero-order valence-corrected chi connectivity index (χ0v) is 28.5. The molecule has 0 aliphatic heterocycles. The van der Waals surface area contributed by atoms with Crippen molar-refractivity contribution in [3.63, 3.8) is 0 Å². The number of quaternary nitrogens is 1. The van der Waals surface area contributed by atoms with E-state index in [1.54, 1.807) is 0 Å². The Morgan fingerprint density at radius 2 is 1.02 bits per heavy atom. The molecule has 0 aromatic heterocycles. The van der Waals surface area contributed by atoms with Gasteiger partial charge >= 0.3 is 0 Å². The van der Waals surface area contributed by atoms with E-state index in [4.69, 9.17) is 19.3 Å². The molecule has 5 heteroatoms. The highest BCUT2D eigenvalue weighted by atomic mass is 16.5. The van der Waals surface area contributed by atoms with Gasteiger partial charge in [0.25, 0.3) is 0 Å². The topological polar surface area (TPSA) is 47.9 Å². The molecule has 0 rings (SSSR count). The van der Waals surface area contributed by atoms with Crippen LogP contribution in [0.3, 0.4) is 0 Å². The largest absolute Gasteiger partial charge is 0.394 e. The summed E-state index contributed by atoms with van der Waals surface area (Å²) in [6, 6.07) is 0. The number of ether oxygens (including phenoxy) is 3. The lowest BCUT2D eigenvalue weighted by Crippen LogP contribution is -2.49. The summed E-state index contributed by atoms with van der Waals surface area (Å²) < 4.78 is 18.8. The molecule has 0 amide bonds. The second-order valence-corrected chi connectivity index (χ2v) is 12.4. The van der Waals surface area contributed by atoms with Crippen LogP contribution >= 0.6 is 0 Å². The van der Waals surface area contributed by atoms with Gasteiger partial charge in [-0.3, -0.25) is 0 Å². The van der Waals surface area contributed by atoms with Crippen molar-refractivity contribution in [2.45, 2.75) is 148 Å². The third-order valence-electron chi connectivity index (χ3n) is 7.53. The van der Waals surface area contributed by atoms with Crippen molar-refractivity contribution in [2.75, 3.05) is 66.8 Å². The highest BCUT2D eigenvalue weighted by Gasteiger charge is 2.23. The highest BCUT2D eigenvalue weighted by Crippen LogP contribution is 2.11. The maximum atomic E-state index is 8.97. The van der Waals surface area contributed by atoms with E-state index in [0.29, 0.717) is 19.8 Å². The zero-order chi connectivity index (χ0) is 30.8. The number of rotatable bonds is 30. The van der Waals surface area contributed by atoms with Gasteiger partial charge in [-0.25, -0.2) is 0 Å². The van der Waals surface area contributed by atoms with Crippen molar-refractivity contribution in [3.8, 4) is 23.7 Å². The molecule has 5 nitrogen and oxygen atoms in total. The van der Waals surface area contributed by atoms with E-state index in [-0.39, 0.29) is 12.7 Å². The van der Waals surface area contributed by atoms with E-state index in [2.05, 4.69) is 51.6 Å². The van der Waals surface area contributed by atoms with Crippen molar-refractivity contribution in [2.24, 2.45) is 0 Å². The second-order valence-electron chi connectivity index (χ2n) is 12.4. The lowest BCUT2D eigenvalue weighted by atomic mass is 10.1. The Morgan fingerprint density at radius 3 is 1.55 bits per heavy atom. The van der Waals surface area contributed by atoms with Crippen molar-refractivity contribution in [1.29, 1.82) is 0 Å². The fourth-order valence-corrected chi connectivity index (χ4v) is 4.77. The molecule has 0 aromatic rings. The molecule has 1 atom stereocenters. The molecule has 1 unspecified atom stereocenters. The first kappa shape index (κ1) is 40.9. The molecule has 0 aliphatic carbocycles. The van der Waals surface area contributed by atoms with Crippen LogP contribution in [0.2, 0.25) is 0 Å². The molecule has 0 bridgehead atoms. The van der Waals surface area contributed by atoms with E-state index in [9.17, 15) is 0 Å². The molecule has 1 N–H and O–H groups in total. The van der Waals surface area contributed by atoms with Crippen molar-refractivity contribution >= 4 is 0 Å². The van der Waals surface area contributed by atoms with Crippen molar-refractivity contribution in [1.82, 2.24) is 0 Å². The summed E-state index contributed by atoms with van der Waals surface area (Å²) >= 11 is 0. The fraction of sp³-hybridized carbons (Fsp3) is 0.892. The van der Waals surface area contributed by atoms with Crippen LogP contribution < -0.4 is 0 Å². The van der Waals surface area contributed by atoms with Gasteiger partial charge in [0, 0.05) is 38.9 Å². The second kappa shape index (κ2) is 32.8. The van der Waals surface area contributed by atoms with E-state index in [0.717, 1.165) is 69.3 Å². The molecule has 0 saturated carbocycles. The van der Waals surface area contributed by atoms with Gasteiger partial charge in [0.2, 0.25) is 0 Å². The van der Waals surface area contributed by atoms with E-state index in [1.165, 1.54) is 89.9 Å². The smallest absolute Gasteiger partial charge is 0.130 e. The minimum Gasteiger partial charge on any atom is -0.394 e. The number of likely N-dealkylation sites (N-methyl/N-ethyl adjacent to an activating group) is 1. The summed E-state index contributed by atoms with van der Waals surface area (Å²) in [7, 11) is 4.45. The number of aliphatic hydroxyl groups is 1. The summed E-state index contributed by atoms with van der Waals surface area (Å²) in [4.78, 5) is 0. The Balaban J connectivity index is 4.11. The van der Waals surface area contributed by atoms with E-state index >= 15 is 0 Å². The van der Waals surface area contributed by atoms with Gasteiger partial charge in [-0.15, -0.1) is 23.7 Å². The molecule has 0 heterocycles. The molecule has 0 aliphatic rings. The van der Waals surface area contributed by atoms with Crippen LogP contribution in [0.25, 0.3) is 0 Å². The number of nitrogens with zero attached hydrogens (tertiary/aromatic N) is 1.